The summed E-state index contributed by atoms with van der Waals surface area (Å²) in [6.45, 7) is 4.56. The van der Waals surface area contributed by atoms with Gasteiger partial charge < -0.3 is 9.47 Å². The highest BCUT2D eigenvalue weighted by Crippen LogP contribution is 2.32. The second kappa shape index (κ2) is 12.6. The number of thioether (sulfide) groups is 1. The molecule has 0 radical (unpaired) electrons. The molecule has 1 aliphatic heterocycles. The summed E-state index contributed by atoms with van der Waals surface area (Å²) in [5, 5.41) is 0.723. The van der Waals surface area contributed by atoms with Gasteiger partial charge in [0.05, 0.1) is 23.4 Å². The molecular formula is C27H28ClN3O3S2. The molecule has 4 aromatic rings. The Bertz CT molecular complexity index is 1280. The SMILES string of the molecule is CSc1ccc2nc(N(CCN3CCOCC3)C(=O)c3ccc(Oc4ccccc4)cc3)sc2c1.Cl. The number of thiazole rings is 1. The van der Waals surface area contributed by atoms with Crippen LogP contribution < -0.4 is 9.64 Å². The summed E-state index contributed by atoms with van der Waals surface area (Å²) in [5.41, 5.74) is 1.52. The van der Waals surface area contributed by atoms with Crippen molar-refractivity contribution in [2.24, 2.45) is 0 Å². The Morgan fingerprint density at radius 1 is 1.06 bits per heavy atom. The molecule has 36 heavy (non-hydrogen) atoms. The fraction of sp³-hybridized carbons (Fsp3) is 0.259. The van der Waals surface area contributed by atoms with Gasteiger partial charge in [0.25, 0.3) is 5.91 Å². The van der Waals surface area contributed by atoms with E-state index in [2.05, 4.69) is 23.3 Å². The van der Waals surface area contributed by atoms with E-state index in [1.807, 2.05) is 65.6 Å². The van der Waals surface area contributed by atoms with E-state index in [9.17, 15) is 4.79 Å². The summed E-state index contributed by atoms with van der Waals surface area (Å²) < 4.78 is 12.5. The molecule has 5 rings (SSSR count). The Morgan fingerprint density at radius 3 is 2.50 bits per heavy atom. The standard InChI is InChI=1S/C27H27N3O3S2.ClH/c1-34-23-11-12-24-25(19-23)35-27(28-24)30(14-13-29-15-17-32-18-16-29)26(31)20-7-9-22(10-8-20)33-21-5-3-2-4-6-21;/h2-12,19H,13-18H2,1H3;1H. The molecule has 188 valence electrons. The molecule has 0 atom stereocenters. The van der Waals surface area contributed by atoms with Gasteiger partial charge in [-0.25, -0.2) is 4.98 Å². The van der Waals surface area contributed by atoms with Crippen LogP contribution in [0.5, 0.6) is 11.5 Å². The smallest absolute Gasteiger partial charge is 0.260 e. The van der Waals surface area contributed by atoms with E-state index in [-0.39, 0.29) is 18.3 Å². The molecule has 0 N–H and O–H groups in total. The van der Waals surface area contributed by atoms with Gasteiger partial charge in [0.2, 0.25) is 0 Å². The third-order valence-electron chi connectivity index (χ3n) is 5.88. The molecule has 0 unspecified atom stereocenters. The van der Waals surface area contributed by atoms with Crippen LogP contribution in [0.4, 0.5) is 5.13 Å². The fourth-order valence-electron chi connectivity index (χ4n) is 3.93. The van der Waals surface area contributed by atoms with Gasteiger partial charge in [-0.05, 0) is 60.9 Å². The van der Waals surface area contributed by atoms with Crippen LogP contribution in [0.3, 0.4) is 0 Å². The highest BCUT2D eigenvalue weighted by Gasteiger charge is 2.23. The van der Waals surface area contributed by atoms with Gasteiger partial charge in [-0.3, -0.25) is 14.6 Å². The third kappa shape index (κ3) is 6.38. The van der Waals surface area contributed by atoms with Crippen molar-refractivity contribution < 1.29 is 14.3 Å². The van der Waals surface area contributed by atoms with E-state index in [1.165, 1.54) is 4.90 Å². The number of fused-ring (bicyclic) bond motifs is 1. The lowest BCUT2D eigenvalue weighted by molar-refractivity contribution is 0.0391. The minimum absolute atomic E-state index is 0. The molecule has 1 aromatic heterocycles. The molecule has 1 aliphatic rings. The summed E-state index contributed by atoms with van der Waals surface area (Å²) in [6.07, 6.45) is 2.06. The first kappa shape index (κ1) is 26.4. The molecule has 1 saturated heterocycles. The van der Waals surface area contributed by atoms with Crippen LogP contribution in [0.15, 0.2) is 77.7 Å². The van der Waals surface area contributed by atoms with E-state index >= 15 is 0 Å². The van der Waals surface area contributed by atoms with Gasteiger partial charge in [-0.1, -0.05) is 29.5 Å². The van der Waals surface area contributed by atoms with Crippen molar-refractivity contribution in [3.8, 4) is 11.5 Å². The lowest BCUT2D eigenvalue weighted by atomic mass is 10.2. The first-order chi connectivity index (χ1) is 17.2. The maximum atomic E-state index is 13.7. The second-order valence-corrected chi connectivity index (χ2v) is 10.1. The number of para-hydroxylation sites is 1. The van der Waals surface area contributed by atoms with E-state index < -0.39 is 0 Å². The lowest BCUT2D eigenvalue weighted by Gasteiger charge is -2.29. The predicted molar refractivity (Wildman–Crippen MR) is 151 cm³/mol. The molecule has 0 bridgehead atoms. The monoisotopic (exact) mass is 541 g/mol. The largest absolute Gasteiger partial charge is 0.457 e. The zero-order chi connectivity index (χ0) is 24.0. The molecule has 9 heteroatoms. The zero-order valence-electron chi connectivity index (χ0n) is 20.0. The molecule has 2 heterocycles. The fourth-order valence-corrected chi connectivity index (χ4v) is 5.48. The number of rotatable bonds is 8. The average Bonchev–Trinajstić information content (AvgIpc) is 3.33. The van der Waals surface area contributed by atoms with Crippen molar-refractivity contribution in [2.45, 2.75) is 4.90 Å². The molecule has 1 fully saturated rings. The number of morpholine rings is 1. The first-order valence-corrected chi connectivity index (χ1v) is 13.6. The molecular weight excluding hydrogens is 514 g/mol. The maximum Gasteiger partial charge on any atom is 0.260 e. The Morgan fingerprint density at radius 2 is 1.78 bits per heavy atom. The molecule has 0 aliphatic carbocycles. The van der Waals surface area contributed by atoms with Crippen molar-refractivity contribution in [1.29, 1.82) is 0 Å². The normalized spacial score (nSPS) is 13.8. The number of anilines is 1. The number of benzene rings is 3. The van der Waals surface area contributed by atoms with Gasteiger partial charge in [-0.2, -0.15) is 0 Å². The van der Waals surface area contributed by atoms with Crippen molar-refractivity contribution in [1.82, 2.24) is 9.88 Å². The summed E-state index contributed by atoms with van der Waals surface area (Å²) in [7, 11) is 0. The molecule has 6 nitrogen and oxygen atoms in total. The van der Waals surface area contributed by atoms with E-state index in [1.54, 1.807) is 23.1 Å². The van der Waals surface area contributed by atoms with Crippen LogP contribution in [0, 0.1) is 0 Å². The van der Waals surface area contributed by atoms with Crippen LogP contribution >= 0.6 is 35.5 Å². The van der Waals surface area contributed by atoms with Crippen molar-refractivity contribution >= 4 is 56.8 Å². The number of carbonyl (C=O) groups excluding carboxylic acids is 1. The quantitative estimate of drug-likeness (QED) is 0.247. The average molecular weight is 542 g/mol. The van der Waals surface area contributed by atoms with Crippen molar-refractivity contribution in [2.75, 3.05) is 50.5 Å². The second-order valence-electron chi connectivity index (χ2n) is 8.18. The Hall–Kier alpha value is -2.62. The third-order valence-corrected chi connectivity index (χ3v) is 7.65. The first-order valence-electron chi connectivity index (χ1n) is 11.6. The van der Waals surface area contributed by atoms with E-state index in [0.717, 1.165) is 53.9 Å². The molecule has 0 spiro atoms. The number of aromatic nitrogens is 1. The number of halogens is 1. The van der Waals surface area contributed by atoms with Gasteiger partial charge >= 0.3 is 0 Å². The van der Waals surface area contributed by atoms with Crippen LogP contribution in [0.2, 0.25) is 0 Å². The summed E-state index contributed by atoms with van der Waals surface area (Å²) in [6, 6.07) is 23.2. The number of carbonyl (C=O) groups is 1. The van der Waals surface area contributed by atoms with Gasteiger partial charge in [0.15, 0.2) is 5.13 Å². The van der Waals surface area contributed by atoms with Gasteiger partial charge in [0.1, 0.15) is 11.5 Å². The highest BCUT2D eigenvalue weighted by atomic mass is 35.5. The topological polar surface area (TPSA) is 54.9 Å². The highest BCUT2D eigenvalue weighted by molar-refractivity contribution is 7.98. The minimum atomic E-state index is -0.0614. The van der Waals surface area contributed by atoms with Crippen LogP contribution in [0.1, 0.15) is 10.4 Å². The molecule has 1 amide bonds. The summed E-state index contributed by atoms with van der Waals surface area (Å²) >= 11 is 3.27. The summed E-state index contributed by atoms with van der Waals surface area (Å²) in [4.78, 5) is 23.8. The lowest BCUT2D eigenvalue weighted by Crippen LogP contribution is -2.43. The Kier molecular flexibility index (Phi) is 9.23. The number of hydrogen-bond donors (Lipinski definition) is 0. The number of hydrogen-bond acceptors (Lipinski definition) is 7. The van der Waals surface area contributed by atoms with Crippen molar-refractivity contribution in [3.63, 3.8) is 0 Å². The predicted octanol–water partition coefficient (Wildman–Crippen LogP) is 6.21. The van der Waals surface area contributed by atoms with Crippen molar-refractivity contribution in [3.05, 3.63) is 78.4 Å². The van der Waals surface area contributed by atoms with Crippen LogP contribution in [-0.2, 0) is 4.74 Å². The van der Waals surface area contributed by atoms with Crippen LogP contribution in [-0.4, -0.2) is 61.4 Å². The molecule has 0 saturated carbocycles. The van der Waals surface area contributed by atoms with Gasteiger partial charge in [0, 0.05) is 36.6 Å². The van der Waals surface area contributed by atoms with E-state index in [4.69, 9.17) is 14.5 Å². The number of nitrogens with zero attached hydrogens (tertiary/aromatic N) is 3. The van der Waals surface area contributed by atoms with Crippen LogP contribution in [0.25, 0.3) is 10.2 Å². The Labute approximate surface area is 225 Å². The number of ether oxygens (including phenoxy) is 2. The Balaban J connectivity index is 0.00000304. The van der Waals surface area contributed by atoms with E-state index in [0.29, 0.717) is 17.9 Å². The minimum Gasteiger partial charge on any atom is -0.457 e. The van der Waals surface area contributed by atoms with Gasteiger partial charge in [-0.15, -0.1) is 24.2 Å². The zero-order valence-corrected chi connectivity index (χ0v) is 22.4. The molecule has 3 aromatic carbocycles. The maximum absolute atomic E-state index is 13.7. The summed E-state index contributed by atoms with van der Waals surface area (Å²) in [5.74, 6) is 1.39. The number of amides is 1.